The maximum absolute atomic E-state index is 12.9. The normalized spacial score (nSPS) is 15.0. The van der Waals surface area contributed by atoms with Crippen LogP contribution in [0.3, 0.4) is 0 Å². The van der Waals surface area contributed by atoms with Gasteiger partial charge >= 0.3 is 18.8 Å². The van der Waals surface area contributed by atoms with E-state index < -0.39 is 36.0 Å². The maximum atomic E-state index is 12.9. The quantitative estimate of drug-likeness (QED) is 0.563. The molecule has 31 heavy (non-hydrogen) atoms. The van der Waals surface area contributed by atoms with Crippen LogP contribution in [0.2, 0.25) is 0 Å². The van der Waals surface area contributed by atoms with Gasteiger partial charge in [0, 0.05) is 6.07 Å². The van der Waals surface area contributed by atoms with Crippen LogP contribution >= 0.6 is 0 Å². The van der Waals surface area contributed by atoms with E-state index in [0.29, 0.717) is 29.2 Å². The number of benzene rings is 2. The van der Waals surface area contributed by atoms with Gasteiger partial charge in [-0.25, -0.2) is 0 Å². The molecule has 0 spiro atoms. The minimum absolute atomic E-state index is 0.105. The number of aliphatic carboxylic acids is 1. The second kappa shape index (κ2) is 7.52. The number of carboxylic acids is 1. The zero-order chi connectivity index (χ0) is 22.3. The molecule has 1 N–H and O–H groups in total. The van der Waals surface area contributed by atoms with Crippen molar-refractivity contribution in [1.29, 1.82) is 0 Å². The second-order valence-electron chi connectivity index (χ2n) is 6.57. The molecule has 0 saturated heterocycles. The average molecular weight is 441 g/mol. The number of ether oxygens (including phenoxy) is 2. The summed E-state index contributed by atoms with van der Waals surface area (Å²) in [5.41, 5.74) is -0.0294. The van der Waals surface area contributed by atoms with E-state index in [-0.39, 0.29) is 17.9 Å². The van der Waals surface area contributed by atoms with Crippen molar-refractivity contribution in [2.45, 2.75) is 25.1 Å². The molecule has 1 atom stereocenters. The van der Waals surface area contributed by atoms with Gasteiger partial charge in [-0.2, -0.15) is 22.0 Å². The molecule has 2 heterocycles. The highest BCUT2D eigenvalue weighted by Crippen LogP contribution is 2.43. The standard InChI is InChI=1S/C19H12F5N3O4/c20-18(21)31-15-5-9(19(22,23)24)1-4-14(15)30-10-2-3-11-12(7-16(28)29)17-26-25-8-27(17)13(11)6-10/h1-6,8,12,18H,7H2,(H,28,29). The van der Waals surface area contributed by atoms with Crippen LogP contribution in [0.15, 0.2) is 42.7 Å². The van der Waals surface area contributed by atoms with Crippen LogP contribution in [0.25, 0.3) is 5.69 Å². The topological polar surface area (TPSA) is 86.5 Å². The number of halogens is 5. The summed E-state index contributed by atoms with van der Waals surface area (Å²) >= 11 is 0. The lowest BCUT2D eigenvalue weighted by atomic mass is 9.96. The first-order valence-electron chi connectivity index (χ1n) is 8.73. The summed E-state index contributed by atoms with van der Waals surface area (Å²) in [5, 5.41) is 16.9. The number of fused-ring (bicyclic) bond motifs is 3. The van der Waals surface area contributed by atoms with Gasteiger partial charge in [0.2, 0.25) is 0 Å². The molecule has 162 valence electrons. The molecule has 0 amide bonds. The van der Waals surface area contributed by atoms with Gasteiger partial charge in [-0.1, -0.05) is 6.07 Å². The summed E-state index contributed by atoms with van der Waals surface area (Å²) in [4.78, 5) is 11.2. The third-order valence-corrected chi connectivity index (χ3v) is 4.62. The zero-order valence-corrected chi connectivity index (χ0v) is 15.3. The van der Waals surface area contributed by atoms with E-state index in [2.05, 4.69) is 14.9 Å². The first-order valence-corrected chi connectivity index (χ1v) is 8.73. The van der Waals surface area contributed by atoms with Crippen molar-refractivity contribution < 1.29 is 41.3 Å². The molecule has 0 saturated carbocycles. The Bertz CT molecular complexity index is 1150. The van der Waals surface area contributed by atoms with Crippen molar-refractivity contribution in [3.8, 4) is 22.9 Å². The summed E-state index contributed by atoms with van der Waals surface area (Å²) in [6.07, 6.45) is -3.60. The van der Waals surface area contributed by atoms with E-state index in [1.165, 1.54) is 18.5 Å². The van der Waals surface area contributed by atoms with E-state index in [0.717, 1.165) is 6.07 Å². The predicted octanol–water partition coefficient (Wildman–Crippen LogP) is 4.60. The Morgan fingerprint density at radius 3 is 2.61 bits per heavy atom. The van der Waals surface area contributed by atoms with Gasteiger partial charge < -0.3 is 14.6 Å². The molecule has 3 aromatic rings. The van der Waals surface area contributed by atoms with Gasteiger partial charge in [-0.3, -0.25) is 9.36 Å². The first-order chi connectivity index (χ1) is 14.6. The van der Waals surface area contributed by atoms with Gasteiger partial charge in [-0.15, -0.1) is 10.2 Å². The SMILES string of the molecule is O=C(O)CC1c2ccc(Oc3ccc(C(F)(F)F)cc3OC(F)F)cc2-n2cnnc21. The molecule has 0 bridgehead atoms. The molecule has 2 aromatic carbocycles. The minimum atomic E-state index is -4.75. The van der Waals surface area contributed by atoms with Gasteiger partial charge in [0.15, 0.2) is 11.5 Å². The van der Waals surface area contributed by atoms with Crippen LogP contribution in [-0.2, 0) is 11.0 Å². The van der Waals surface area contributed by atoms with Crippen molar-refractivity contribution in [2.75, 3.05) is 0 Å². The predicted molar refractivity (Wildman–Crippen MR) is 93.6 cm³/mol. The van der Waals surface area contributed by atoms with E-state index in [9.17, 15) is 26.7 Å². The van der Waals surface area contributed by atoms with Crippen LogP contribution in [0.5, 0.6) is 17.2 Å². The number of nitrogens with zero attached hydrogens (tertiary/aromatic N) is 3. The summed E-state index contributed by atoms with van der Waals surface area (Å²) < 4.78 is 75.4. The van der Waals surface area contributed by atoms with Crippen LogP contribution in [-0.4, -0.2) is 32.5 Å². The Hall–Kier alpha value is -3.70. The smallest absolute Gasteiger partial charge is 0.416 e. The summed E-state index contributed by atoms with van der Waals surface area (Å²) in [6, 6.07) is 6.48. The van der Waals surface area contributed by atoms with Crippen LogP contribution in [0, 0.1) is 0 Å². The molecule has 1 aromatic heterocycles. The van der Waals surface area contributed by atoms with Crippen LogP contribution in [0.1, 0.15) is 29.3 Å². The Morgan fingerprint density at radius 2 is 1.94 bits per heavy atom. The Labute approximate surface area is 170 Å². The molecule has 4 rings (SSSR count). The molecule has 1 unspecified atom stereocenters. The highest BCUT2D eigenvalue weighted by atomic mass is 19.4. The molecule has 1 aliphatic heterocycles. The Balaban J connectivity index is 1.69. The fourth-order valence-corrected chi connectivity index (χ4v) is 3.36. The molecule has 12 heteroatoms. The lowest BCUT2D eigenvalue weighted by Crippen LogP contribution is -2.08. The highest BCUT2D eigenvalue weighted by molar-refractivity contribution is 5.70. The van der Waals surface area contributed by atoms with Crippen molar-refractivity contribution in [3.63, 3.8) is 0 Å². The number of rotatable bonds is 6. The zero-order valence-electron chi connectivity index (χ0n) is 15.3. The molecule has 0 aliphatic carbocycles. The highest BCUT2D eigenvalue weighted by Gasteiger charge is 2.34. The third kappa shape index (κ3) is 4.00. The van der Waals surface area contributed by atoms with Crippen molar-refractivity contribution in [3.05, 3.63) is 59.7 Å². The molecule has 7 nitrogen and oxygen atoms in total. The Kier molecular flexibility index (Phi) is 4.99. The van der Waals surface area contributed by atoms with Crippen LogP contribution < -0.4 is 9.47 Å². The molecule has 0 radical (unpaired) electrons. The third-order valence-electron chi connectivity index (χ3n) is 4.62. The van der Waals surface area contributed by atoms with Gasteiger partial charge in [0.05, 0.1) is 23.6 Å². The Morgan fingerprint density at radius 1 is 1.16 bits per heavy atom. The molecule has 0 fully saturated rings. The number of alkyl halides is 5. The minimum Gasteiger partial charge on any atom is -0.481 e. The number of hydrogen-bond acceptors (Lipinski definition) is 5. The summed E-state index contributed by atoms with van der Waals surface area (Å²) in [6.45, 7) is -3.36. The summed E-state index contributed by atoms with van der Waals surface area (Å²) in [5.74, 6) is -2.20. The summed E-state index contributed by atoms with van der Waals surface area (Å²) in [7, 11) is 0. The van der Waals surface area contributed by atoms with Gasteiger partial charge in [-0.05, 0) is 29.8 Å². The van der Waals surface area contributed by atoms with Crippen molar-refractivity contribution in [1.82, 2.24) is 14.8 Å². The van der Waals surface area contributed by atoms with E-state index >= 15 is 0 Å². The molecular formula is C19H12F5N3O4. The second-order valence-corrected chi connectivity index (χ2v) is 6.57. The lowest BCUT2D eigenvalue weighted by Gasteiger charge is -2.15. The molecular weight excluding hydrogens is 429 g/mol. The maximum Gasteiger partial charge on any atom is 0.416 e. The van der Waals surface area contributed by atoms with Gasteiger partial charge in [0.1, 0.15) is 17.9 Å². The first kappa shape index (κ1) is 20.6. The average Bonchev–Trinajstić information content (AvgIpc) is 3.24. The van der Waals surface area contributed by atoms with Crippen molar-refractivity contribution >= 4 is 5.97 Å². The lowest BCUT2D eigenvalue weighted by molar-refractivity contribution is -0.138. The monoisotopic (exact) mass is 441 g/mol. The van der Waals surface area contributed by atoms with Crippen molar-refractivity contribution in [2.24, 2.45) is 0 Å². The number of aromatic nitrogens is 3. The van der Waals surface area contributed by atoms with E-state index in [1.54, 1.807) is 10.6 Å². The largest absolute Gasteiger partial charge is 0.481 e. The number of hydrogen-bond donors (Lipinski definition) is 1. The number of carbonyl (C=O) groups is 1. The van der Waals surface area contributed by atoms with Gasteiger partial charge in [0.25, 0.3) is 0 Å². The number of carboxylic acid groups (broad SMARTS) is 1. The molecule has 1 aliphatic rings. The van der Waals surface area contributed by atoms with E-state index in [1.807, 2.05) is 0 Å². The fourth-order valence-electron chi connectivity index (χ4n) is 3.36. The fraction of sp³-hybridized carbons (Fsp3) is 0.211. The van der Waals surface area contributed by atoms with Crippen LogP contribution in [0.4, 0.5) is 22.0 Å². The van der Waals surface area contributed by atoms with E-state index in [4.69, 9.17) is 9.84 Å².